The Balaban J connectivity index is 4.30. The van der Waals surface area contributed by atoms with E-state index < -0.39 is 0 Å². The third-order valence-corrected chi connectivity index (χ3v) is 5.02. The summed E-state index contributed by atoms with van der Waals surface area (Å²) in [5, 5.41) is 0.720. The maximum Gasteiger partial charge on any atom is 0.0518 e. The van der Waals surface area contributed by atoms with Crippen molar-refractivity contribution in [3.63, 3.8) is 0 Å². The highest BCUT2D eigenvalue weighted by molar-refractivity contribution is 9.11. The van der Waals surface area contributed by atoms with Crippen LogP contribution in [-0.2, 0) is 0 Å². The minimum Gasteiger partial charge on any atom is -0.119 e. The van der Waals surface area contributed by atoms with Crippen molar-refractivity contribution in [2.45, 2.75) is 36.9 Å². The van der Waals surface area contributed by atoms with Gasteiger partial charge in [0.15, 0.2) is 0 Å². The van der Waals surface area contributed by atoms with E-state index >= 15 is 0 Å². The van der Waals surface area contributed by atoms with Crippen molar-refractivity contribution in [3.05, 3.63) is 21.7 Å². The summed E-state index contributed by atoms with van der Waals surface area (Å²) < 4.78 is 0. The Morgan fingerprint density at radius 1 is 1.50 bits per heavy atom. The van der Waals surface area contributed by atoms with Crippen LogP contribution in [-0.4, -0.2) is 9.70 Å². The number of halogens is 4. The molecule has 0 aromatic heterocycles. The highest BCUT2D eigenvalue weighted by atomic mass is 79.9. The molecule has 0 nitrogen and oxygen atoms in total. The fraction of sp³-hybridized carbons (Fsp3) is 0.600. The van der Waals surface area contributed by atoms with Crippen LogP contribution in [0.2, 0.25) is 0 Å². The quantitative estimate of drug-likeness (QED) is 0.451. The molecule has 0 aromatic rings. The Hall–Kier alpha value is 1.02. The lowest BCUT2D eigenvalue weighted by Crippen LogP contribution is -2.23. The van der Waals surface area contributed by atoms with Gasteiger partial charge in [0.2, 0.25) is 0 Å². The molecular formula is C10H14Br2Cl2. The van der Waals surface area contributed by atoms with Gasteiger partial charge in [-0.1, -0.05) is 49.5 Å². The van der Waals surface area contributed by atoms with Crippen molar-refractivity contribution >= 4 is 55.1 Å². The van der Waals surface area contributed by atoms with Crippen LogP contribution < -0.4 is 0 Å². The molecular weight excluding hydrogens is 351 g/mol. The van der Waals surface area contributed by atoms with Gasteiger partial charge in [-0.3, -0.25) is 0 Å². The molecule has 0 fully saturated rings. The predicted octanol–water partition coefficient (Wildman–Crippen LogP) is 5.58. The number of hydrogen-bond acceptors (Lipinski definition) is 0. The lowest BCUT2D eigenvalue weighted by Gasteiger charge is -2.21. The summed E-state index contributed by atoms with van der Waals surface area (Å²) in [6.45, 7) is 5.94. The van der Waals surface area contributed by atoms with E-state index in [0.717, 1.165) is 17.0 Å². The van der Waals surface area contributed by atoms with Crippen molar-refractivity contribution in [2.24, 2.45) is 0 Å². The summed E-state index contributed by atoms with van der Waals surface area (Å²) in [4.78, 5) is 1.70. The van der Waals surface area contributed by atoms with Crippen LogP contribution in [0.1, 0.15) is 27.2 Å². The normalized spacial score (nSPS) is 17.1. The van der Waals surface area contributed by atoms with Gasteiger partial charge in [-0.05, 0) is 32.8 Å². The van der Waals surface area contributed by atoms with Gasteiger partial charge < -0.3 is 0 Å². The van der Waals surface area contributed by atoms with E-state index in [1.54, 1.807) is 4.99 Å². The Kier molecular flexibility index (Phi) is 7.05. The van der Waals surface area contributed by atoms with E-state index in [1.807, 2.05) is 20.8 Å². The fourth-order valence-corrected chi connectivity index (χ4v) is 1.46. The SMILES string of the molecule is CC(=C/C[C@@H](Br)C(C)(C)Cl)/C(Cl)=C\Br. The highest BCUT2D eigenvalue weighted by Crippen LogP contribution is 2.28. The average molecular weight is 365 g/mol. The van der Waals surface area contributed by atoms with Gasteiger partial charge in [0.25, 0.3) is 0 Å². The Morgan fingerprint density at radius 3 is 2.36 bits per heavy atom. The summed E-state index contributed by atoms with van der Waals surface area (Å²) in [6.07, 6.45) is 2.93. The van der Waals surface area contributed by atoms with Gasteiger partial charge in [-0.15, -0.1) is 11.6 Å². The van der Waals surface area contributed by atoms with Gasteiger partial charge >= 0.3 is 0 Å². The van der Waals surface area contributed by atoms with Gasteiger partial charge in [0.05, 0.1) is 9.91 Å². The molecule has 0 aromatic carbocycles. The molecule has 0 heterocycles. The van der Waals surface area contributed by atoms with Crippen LogP contribution in [0.5, 0.6) is 0 Å². The molecule has 82 valence electrons. The smallest absolute Gasteiger partial charge is 0.0518 e. The zero-order valence-corrected chi connectivity index (χ0v) is 13.1. The molecule has 0 radical (unpaired) electrons. The summed E-state index contributed by atoms with van der Waals surface area (Å²) in [7, 11) is 0. The van der Waals surface area contributed by atoms with E-state index in [0.29, 0.717) is 0 Å². The number of hydrogen-bond donors (Lipinski definition) is 0. The lowest BCUT2D eigenvalue weighted by atomic mass is 10.1. The first-order chi connectivity index (χ1) is 6.29. The Labute approximate surface area is 113 Å². The molecule has 0 bridgehead atoms. The first-order valence-corrected chi connectivity index (χ1v) is 6.83. The monoisotopic (exact) mass is 362 g/mol. The van der Waals surface area contributed by atoms with Crippen molar-refractivity contribution in [1.29, 1.82) is 0 Å². The second-order valence-corrected chi connectivity index (χ2v) is 6.56. The standard InChI is InChI=1S/C10H14Br2Cl2/c1-7(8(13)6-11)4-5-9(12)10(2,3)14/h4,6,9H,5H2,1-3H3/b7-4-,8-6+/t9-/m1/s1. The fourth-order valence-electron chi connectivity index (χ4n) is 0.744. The minimum absolute atomic E-state index is 0.242. The topological polar surface area (TPSA) is 0 Å². The minimum atomic E-state index is -0.249. The van der Waals surface area contributed by atoms with Crippen molar-refractivity contribution in [3.8, 4) is 0 Å². The molecule has 0 aliphatic carbocycles. The zero-order chi connectivity index (χ0) is 11.4. The van der Waals surface area contributed by atoms with Crippen molar-refractivity contribution in [1.82, 2.24) is 0 Å². The summed E-state index contributed by atoms with van der Waals surface area (Å²) in [6, 6.07) is 0. The van der Waals surface area contributed by atoms with Crippen molar-refractivity contribution in [2.75, 3.05) is 0 Å². The van der Waals surface area contributed by atoms with E-state index in [9.17, 15) is 0 Å². The molecule has 4 heteroatoms. The molecule has 0 saturated carbocycles. The van der Waals surface area contributed by atoms with Crippen molar-refractivity contribution < 1.29 is 0 Å². The average Bonchev–Trinajstić information content (AvgIpc) is 2.10. The van der Waals surface area contributed by atoms with E-state index in [4.69, 9.17) is 23.2 Å². The second-order valence-electron chi connectivity index (χ2n) is 3.61. The van der Waals surface area contributed by atoms with Crippen LogP contribution in [0.3, 0.4) is 0 Å². The molecule has 0 spiro atoms. The van der Waals surface area contributed by atoms with Gasteiger partial charge in [-0.2, -0.15) is 0 Å². The maximum atomic E-state index is 6.15. The Morgan fingerprint density at radius 2 is 2.00 bits per heavy atom. The lowest BCUT2D eigenvalue weighted by molar-refractivity contribution is 0.662. The number of rotatable bonds is 4. The molecule has 0 amide bonds. The van der Waals surface area contributed by atoms with Crippen LogP contribution in [0.4, 0.5) is 0 Å². The molecule has 0 rings (SSSR count). The van der Waals surface area contributed by atoms with E-state index in [1.165, 1.54) is 0 Å². The summed E-state index contributed by atoms with van der Waals surface area (Å²) >= 11 is 18.8. The highest BCUT2D eigenvalue weighted by Gasteiger charge is 2.23. The first-order valence-electron chi connectivity index (χ1n) is 4.25. The molecule has 1 atom stereocenters. The Bertz CT molecular complexity index is 239. The molecule has 0 N–H and O–H groups in total. The van der Waals surface area contributed by atoms with Crippen LogP contribution >= 0.6 is 55.1 Å². The molecule has 0 aliphatic heterocycles. The number of alkyl halides is 2. The van der Waals surface area contributed by atoms with Crippen LogP contribution in [0.25, 0.3) is 0 Å². The maximum absolute atomic E-state index is 6.15. The first kappa shape index (κ1) is 15.0. The predicted molar refractivity (Wildman–Crippen MR) is 73.9 cm³/mol. The summed E-state index contributed by atoms with van der Waals surface area (Å²) in [5.74, 6) is 0. The molecule has 0 aliphatic rings. The van der Waals surface area contributed by atoms with Crippen LogP contribution in [0.15, 0.2) is 21.7 Å². The van der Waals surface area contributed by atoms with Gasteiger partial charge in [0.1, 0.15) is 0 Å². The molecule has 0 unspecified atom stereocenters. The molecule has 0 saturated heterocycles. The van der Waals surface area contributed by atoms with Crippen LogP contribution in [0, 0.1) is 0 Å². The zero-order valence-electron chi connectivity index (χ0n) is 8.45. The molecule has 14 heavy (non-hydrogen) atoms. The third kappa shape index (κ3) is 5.79. The van der Waals surface area contributed by atoms with Gasteiger partial charge in [0, 0.05) is 9.81 Å². The summed E-state index contributed by atoms with van der Waals surface area (Å²) in [5.41, 5.74) is 1.05. The second kappa shape index (κ2) is 6.57. The third-order valence-electron chi connectivity index (χ3n) is 1.85. The largest absolute Gasteiger partial charge is 0.119 e. The van der Waals surface area contributed by atoms with E-state index in [2.05, 4.69) is 37.9 Å². The van der Waals surface area contributed by atoms with E-state index in [-0.39, 0.29) is 9.70 Å². The number of allylic oxidation sites excluding steroid dienone is 3. The van der Waals surface area contributed by atoms with Gasteiger partial charge in [-0.25, -0.2) is 0 Å².